The molecule has 1 saturated heterocycles. The van der Waals surface area contributed by atoms with Crippen molar-refractivity contribution in [1.29, 1.82) is 0 Å². The first kappa shape index (κ1) is 20.5. The van der Waals surface area contributed by atoms with Crippen LogP contribution in [0.3, 0.4) is 0 Å². The van der Waals surface area contributed by atoms with Crippen molar-refractivity contribution in [2.24, 2.45) is 0 Å². The largest absolute Gasteiger partial charge is 0.490 e. The third-order valence-electron chi connectivity index (χ3n) is 4.66. The van der Waals surface area contributed by atoms with Gasteiger partial charge in [-0.05, 0) is 43.7 Å². The van der Waals surface area contributed by atoms with Gasteiger partial charge in [-0.1, -0.05) is 22.0 Å². The lowest BCUT2D eigenvalue weighted by atomic mass is 10.1. The van der Waals surface area contributed by atoms with Crippen molar-refractivity contribution < 1.29 is 14.3 Å². The molecule has 0 N–H and O–H groups in total. The summed E-state index contributed by atoms with van der Waals surface area (Å²) in [6.45, 7) is 7.95. The van der Waals surface area contributed by atoms with E-state index in [0.717, 1.165) is 28.9 Å². The van der Waals surface area contributed by atoms with Gasteiger partial charge >= 0.3 is 0 Å². The Morgan fingerprint density at radius 3 is 2.36 bits per heavy atom. The second-order valence-corrected chi connectivity index (χ2v) is 7.34. The molecule has 3 rings (SSSR count). The summed E-state index contributed by atoms with van der Waals surface area (Å²) in [5.74, 6) is 2.45. The monoisotopic (exact) mass is 447 g/mol. The van der Waals surface area contributed by atoms with E-state index in [1.165, 1.54) is 0 Å². The summed E-state index contributed by atoms with van der Waals surface area (Å²) in [4.78, 5) is 21.4. The first-order chi connectivity index (χ1) is 13.6. The molecule has 0 radical (unpaired) electrons. The average molecular weight is 448 g/mol. The molecule has 7 heteroatoms. The van der Waals surface area contributed by atoms with Gasteiger partial charge in [0.05, 0.1) is 19.6 Å². The number of carbonyl (C=O) groups is 1. The van der Waals surface area contributed by atoms with Gasteiger partial charge < -0.3 is 19.3 Å². The molecule has 1 fully saturated rings. The van der Waals surface area contributed by atoms with Crippen molar-refractivity contribution in [3.8, 4) is 11.5 Å². The number of ether oxygens (including phenoxy) is 2. The molecule has 0 unspecified atom stereocenters. The predicted octanol–water partition coefficient (Wildman–Crippen LogP) is 3.53. The molecular weight excluding hydrogens is 422 g/mol. The molecular formula is C21H26BrN3O3. The lowest BCUT2D eigenvalue weighted by Gasteiger charge is -2.35. The zero-order chi connectivity index (χ0) is 19.9. The van der Waals surface area contributed by atoms with Crippen LogP contribution in [0.1, 0.15) is 19.4 Å². The second kappa shape index (κ2) is 9.78. The van der Waals surface area contributed by atoms with Gasteiger partial charge in [0.1, 0.15) is 5.82 Å². The second-order valence-electron chi connectivity index (χ2n) is 6.49. The summed E-state index contributed by atoms with van der Waals surface area (Å²) < 4.78 is 12.2. The fraction of sp³-hybridized carbons (Fsp3) is 0.429. The molecule has 1 aliphatic heterocycles. The fourth-order valence-electron chi connectivity index (χ4n) is 3.25. The third kappa shape index (κ3) is 4.95. The number of aromatic nitrogens is 1. The van der Waals surface area contributed by atoms with Crippen LogP contribution < -0.4 is 14.4 Å². The zero-order valence-corrected chi connectivity index (χ0v) is 17.9. The summed E-state index contributed by atoms with van der Waals surface area (Å²) in [5.41, 5.74) is 0.907. The van der Waals surface area contributed by atoms with Crippen molar-refractivity contribution >= 4 is 27.7 Å². The number of hydrogen-bond acceptors (Lipinski definition) is 5. The van der Waals surface area contributed by atoms with Crippen molar-refractivity contribution in [2.45, 2.75) is 20.3 Å². The highest BCUT2D eigenvalue weighted by molar-refractivity contribution is 9.10. The number of hydrogen-bond donors (Lipinski definition) is 0. The van der Waals surface area contributed by atoms with Gasteiger partial charge in [-0.2, -0.15) is 0 Å². The van der Waals surface area contributed by atoms with Gasteiger partial charge in [-0.25, -0.2) is 4.98 Å². The van der Waals surface area contributed by atoms with Crippen LogP contribution in [0.4, 0.5) is 5.82 Å². The van der Waals surface area contributed by atoms with Gasteiger partial charge in [0.15, 0.2) is 11.5 Å². The highest BCUT2D eigenvalue weighted by Crippen LogP contribution is 2.34. The number of nitrogens with zero attached hydrogens (tertiary/aromatic N) is 3. The normalized spacial score (nSPS) is 14.1. The summed E-state index contributed by atoms with van der Waals surface area (Å²) in [6.07, 6.45) is 2.13. The number of piperazine rings is 1. The van der Waals surface area contributed by atoms with E-state index in [1.807, 2.05) is 49.1 Å². The van der Waals surface area contributed by atoms with Gasteiger partial charge in [-0.15, -0.1) is 0 Å². The number of benzene rings is 1. The van der Waals surface area contributed by atoms with Crippen LogP contribution in [0, 0.1) is 0 Å². The molecule has 6 nitrogen and oxygen atoms in total. The van der Waals surface area contributed by atoms with Crippen LogP contribution in [-0.4, -0.2) is 55.2 Å². The standard InChI is InChI=1S/C21H26BrN3O3/c1-3-27-18-13-16(17(22)15-19(18)28-4-2)14-21(26)25-11-9-24(10-12-25)20-7-5-6-8-23-20/h5-8,13,15H,3-4,9-12,14H2,1-2H3. The SMILES string of the molecule is CCOc1cc(Br)c(CC(=O)N2CCN(c3ccccn3)CC2)cc1OCC. The van der Waals surface area contributed by atoms with E-state index in [1.54, 1.807) is 6.20 Å². The molecule has 2 heterocycles. The van der Waals surface area contributed by atoms with Crippen LogP contribution in [0.25, 0.3) is 0 Å². The van der Waals surface area contributed by atoms with E-state index < -0.39 is 0 Å². The minimum absolute atomic E-state index is 0.118. The van der Waals surface area contributed by atoms with Crippen LogP contribution in [-0.2, 0) is 11.2 Å². The zero-order valence-electron chi connectivity index (χ0n) is 16.4. The summed E-state index contributed by atoms with van der Waals surface area (Å²) in [7, 11) is 0. The Bertz CT molecular complexity index is 793. The molecule has 0 spiro atoms. The Kier molecular flexibility index (Phi) is 7.14. The molecule has 0 bridgehead atoms. The maximum atomic E-state index is 12.8. The predicted molar refractivity (Wildman–Crippen MR) is 113 cm³/mol. The van der Waals surface area contributed by atoms with Crippen molar-refractivity contribution in [3.05, 3.63) is 46.6 Å². The number of pyridine rings is 1. The Hall–Kier alpha value is -2.28. The maximum absolute atomic E-state index is 12.8. The Morgan fingerprint density at radius 2 is 1.75 bits per heavy atom. The van der Waals surface area contributed by atoms with Gasteiger partial charge in [0.25, 0.3) is 0 Å². The highest BCUT2D eigenvalue weighted by Gasteiger charge is 2.23. The van der Waals surface area contributed by atoms with Crippen LogP contribution in [0.15, 0.2) is 41.0 Å². The maximum Gasteiger partial charge on any atom is 0.227 e. The van der Waals surface area contributed by atoms with E-state index in [9.17, 15) is 4.79 Å². The minimum atomic E-state index is 0.118. The Labute approximate surface area is 174 Å². The molecule has 1 aliphatic rings. The molecule has 0 atom stereocenters. The van der Waals surface area contributed by atoms with Crippen molar-refractivity contribution in [1.82, 2.24) is 9.88 Å². The average Bonchev–Trinajstić information content (AvgIpc) is 2.72. The first-order valence-corrected chi connectivity index (χ1v) is 10.4. The quantitative estimate of drug-likeness (QED) is 0.649. The molecule has 28 heavy (non-hydrogen) atoms. The van der Waals surface area contributed by atoms with E-state index in [4.69, 9.17) is 9.47 Å². The lowest BCUT2D eigenvalue weighted by molar-refractivity contribution is -0.130. The lowest BCUT2D eigenvalue weighted by Crippen LogP contribution is -2.49. The number of halogens is 1. The molecule has 2 aromatic rings. The molecule has 1 aromatic heterocycles. The van der Waals surface area contributed by atoms with E-state index >= 15 is 0 Å². The molecule has 1 aromatic carbocycles. The van der Waals surface area contributed by atoms with E-state index in [2.05, 4.69) is 25.8 Å². The third-order valence-corrected chi connectivity index (χ3v) is 5.40. The first-order valence-electron chi connectivity index (χ1n) is 9.64. The Balaban J connectivity index is 1.64. The van der Waals surface area contributed by atoms with Crippen LogP contribution >= 0.6 is 15.9 Å². The topological polar surface area (TPSA) is 54.9 Å². The highest BCUT2D eigenvalue weighted by atomic mass is 79.9. The van der Waals surface area contributed by atoms with Gasteiger partial charge in [0.2, 0.25) is 5.91 Å². The summed E-state index contributed by atoms with van der Waals surface area (Å²) >= 11 is 3.57. The molecule has 1 amide bonds. The van der Waals surface area contributed by atoms with Gasteiger partial charge in [0, 0.05) is 36.8 Å². The fourth-order valence-corrected chi connectivity index (χ4v) is 3.71. The molecule has 0 saturated carbocycles. The number of carbonyl (C=O) groups excluding carboxylic acids is 1. The summed E-state index contributed by atoms with van der Waals surface area (Å²) in [6, 6.07) is 9.69. The minimum Gasteiger partial charge on any atom is -0.490 e. The number of anilines is 1. The smallest absolute Gasteiger partial charge is 0.227 e. The van der Waals surface area contributed by atoms with E-state index in [-0.39, 0.29) is 5.91 Å². The molecule has 0 aliphatic carbocycles. The number of amides is 1. The molecule has 150 valence electrons. The van der Waals surface area contributed by atoms with E-state index in [0.29, 0.717) is 44.2 Å². The van der Waals surface area contributed by atoms with Crippen molar-refractivity contribution in [2.75, 3.05) is 44.3 Å². The Morgan fingerprint density at radius 1 is 1.07 bits per heavy atom. The van der Waals surface area contributed by atoms with Crippen LogP contribution in [0.2, 0.25) is 0 Å². The van der Waals surface area contributed by atoms with Crippen molar-refractivity contribution in [3.63, 3.8) is 0 Å². The van der Waals surface area contributed by atoms with Crippen LogP contribution in [0.5, 0.6) is 11.5 Å². The van der Waals surface area contributed by atoms with Gasteiger partial charge in [-0.3, -0.25) is 4.79 Å². The summed E-state index contributed by atoms with van der Waals surface area (Å²) in [5, 5.41) is 0. The number of rotatable bonds is 7.